The highest BCUT2D eigenvalue weighted by Crippen LogP contribution is 2.34. The zero-order valence-electron chi connectivity index (χ0n) is 9.17. The molecule has 1 aliphatic heterocycles. The fourth-order valence-corrected chi connectivity index (χ4v) is 1.41. The summed E-state index contributed by atoms with van der Waals surface area (Å²) in [6.07, 6.45) is -0.443. The molecular weight excluding hydrogens is 210 g/mol. The van der Waals surface area contributed by atoms with Gasteiger partial charge in [-0.3, -0.25) is 9.63 Å². The van der Waals surface area contributed by atoms with Crippen molar-refractivity contribution in [2.45, 2.75) is 12.7 Å². The van der Waals surface area contributed by atoms with Crippen molar-refractivity contribution >= 4 is 5.91 Å². The molecular formula is C11H13NO4. The molecule has 5 heteroatoms. The first-order chi connectivity index (χ1) is 7.70. The Labute approximate surface area is 93.5 Å². The zero-order chi connectivity index (χ0) is 11.5. The molecule has 0 saturated carbocycles. The van der Waals surface area contributed by atoms with E-state index in [-0.39, 0.29) is 12.3 Å². The summed E-state index contributed by atoms with van der Waals surface area (Å²) >= 11 is 0. The van der Waals surface area contributed by atoms with E-state index in [0.29, 0.717) is 11.5 Å². The van der Waals surface area contributed by atoms with Crippen LogP contribution in [0.2, 0.25) is 0 Å². The molecule has 1 amide bonds. The first-order valence-electron chi connectivity index (χ1n) is 4.93. The standard InChI is InChI=1S/C11H13NO4/c1-12(14-2)10(13)7-11-15-8-5-3-4-6-9(8)16-11/h3-6,11H,7H2,1-2H3. The maximum Gasteiger partial charge on any atom is 0.253 e. The van der Waals surface area contributed by atoms with Gasteiger partial charge in [0, 0.05) is 7.05 Å². The van der Waals surface area contributed by atoms with Crippen LogP contribution in [-0.4, -0.2) is 31.4 Å². The highest BCUT2D eigenvalue weighted by molar-refractivity contribution is 5.75. The third-order valence-corrected chi connectivity index (χ3v) is 2.33. The molecule has 0 radical (unpaired) electrons. The molecule has 1 aromatic carbocycles. The number of benzene rings is 1. The number of hydrogen-bond donors (Lipinski definition) is 0. The lowest BCUT2D eigenvalue weighted by molar-refractivity contribution is -0.172. The SMILES string of the molecule is CON(C)C(=O)CC1Oc2ccccc2O1. The van der Waals surface area contributed by atoms with Gasteiger partial charge in [0.1, 0.15) is 6.42 Å². The number of hydrogen-bond acceptors (Lipinski definition) is 4. The monoisotopic (exact) mass is 223 g/mol. The average molecular weight is 223 g/mol. The van der Waals surface area contributed by atoms with E-state index < -0.39 is 6.29 Å². The fourth-order valence-electron chi connectivity index (χ4n) is 1.41. The van der Waals surface area contributed by atoms with Gasteiger partial charge in [-0.05, 0) is 12.1 Å². The van der Waals surface area contributed by atoms with Gasteiger partial charge in [0.2, 0.25) is 6.29 Å². The Balaban J connectivity index is 1.95. The van der Waals surface area contributed by atoms with Crippen LogP contribution in [0.4, 0.5) is 0 Å². The number of nitrogens with zero attached hydrogens (tertiary/aromatic N) is 1. The van der Waals surface area contributed by atoms with Crippen LogP contribution >= 0.6 is 0 Å². The highest BCUT2D eigenvalue weighted by Gasteiger charge is 2.27. The van der Waals surface area contributed by atoms with Gasteiger partial charge < -0.3 is 9.47 Å². The molecule has 0 aromatic heterocycles. The second-order valence-electron chi connectivity index (χ2n) is 3.39. The molecule has 0 unspecified atom stereocenters. The van der Waals surface area contributed by atoms with Crippen molar-refractivity contribution in [2.24, 2.45) is 0 Å². The summed E-state index contributed by atoms with van der Waals surface area (Å²) in [5.74, 6) is 1.14. The van der Waals surface area contributed by atoms with Crippen LogP contribution in [0.3, 0.4) is 0 Å². The molecule has 0 aliphatic carbocycles. The smallest absolute Gasteiger partial charge is 0.253 e. The average Bonchev–Trinajstić information content (AvgIpc) is 2.69. The van der Waals surface area contributed by atoms with E-state index in [9.17, 15) is 4.79 Å². The lowest BCUT2D eigenvalue weighted by Gasteiger charge is -2.15. The Bertz CT molecular complexity index is 368. The van der Waals surface area contributed by atoms with Crippen molar-refractivity contribution in [3.8, 4) is 11.5 Å². The summed E-state index contributed by atoms with van der Waals surface area (Å²) in [5, 5.41) is 1.15. The normalized spacial score (nSPS) is 13.9. The molecule has 1 aliphatic rings. The minimum Gasteiger partial charge on any atom is -0.450 e. The Hall–Kier alpha value is -1.75. The van der Waals surface area contributed by atoms with Crippen molar-refractivity contribution in [1.29, 1.82) is 0 Å². The number of ether oxygens (including phenoxy) is 2. The lowest BCUT2D eigenvalue weighted by Crippen LogP contribution is -2.32. The second-order valence-corrected chi connectivity index (χ2v) is 3.39. The summed E-state index contributed by atoms with van der Waals surface area (Å²) in [7, 11) is 2.98. The van der Waals surface area contributed by atoms with E-state index in [2.05, 4.69) is 0 Å². The Kier molecular flexibility index (Phi) is 2.96. The number of rotatable bonds is 3. The number of carbonyl (C=O) groups is 1. The van der Waals surface area contributed by atoms with Crippen LogP contribution in [0.25, 0.3) is 0 Å². The van der Waals surface area contributed by atoms with E-state index in [1.165, 1.54) is 7.11 Å². The van der Waals surface area contributed by atoms with Crippen LogP contribution < -0.4 is 9.47 Å². The zero-order valence-corrected chi connectivity index (χ0v) is 9.17. The van der Waals surface area contributed by atoms with E-state index in [1.807, 2.05) is 12.1 Å². The van der Waals surface area contributed by atoms with Crippen molar-refractivity contribution in [3.63, 3.8) is 0 Å². The minimum absolute atomic E-state index is 0.124. The summed E-state index contributed by atoms with van der Waals surface area (Å²) in [6, 6.07) is 7.32. The van der Waals surface area contributed by atoms with Gasteiger partial charge in [-0.25, -0.2) is 5.06 Å². The summed E-state index contributed by atoms with van der Waals surface area (Å²) < 4.78 is 10.9. The van der Waals surface area contributed by atoms with E-state index >= 15 is 0 Å². The number of fused-ring (bicyclic) bond motifs is 1. The van der Waals surface area contributed by atoms with Gasteiger partial charge in [-0.2, -0.15) is 0 Å². The van der Waals surface area contributed by atoms with Crippen LogP contribution in [0.15, 0.2) is 24.3 Å². The van der Waals surface area contributed by atoms with Gasteiger partial charge in [0.15, 0.2) is 11.5 Å². The topological polar surface area (TPSA) is 48.0 Å². The molecule has 0 bridgehead atoms. The lowest BCUT2D eigenvalue weighted by atomic mass is 10.3. The molecule has 5 nitrogen and oxygen atoms in total. The van der Waals surface area contributed by atoms with Gasteiger partial charge in [-0.1, -0.05) is 12.1 Å². The van der Waals surface area contributed by atoms with Crippen LogP contribution in [-0.2, 0) is 9.63 Å². The van der Waals surface area contributed by atoms with Crippen LogP contribution in [0.1, 0.15) is 6.42 Å². The van der Waals surface area contributed by atoms with Crippen molar-refractivity contribution < 1.29 is 19.1 Å². The van der Waals surface area contributed by atoms with Crippen molar-refractivity contribution in [3.05, 3.63) is 24.3 Å². The molecule has 1 heterocycles. The Morgan fingerprint density at radius 1 is 1.38 bits per heavy atom. The van der Waals surface area contributed by atoms with E-state index in [0.717, 1.165) is 5.06 Å². The number of carbonyl (C=O) groups excluding carboxylic acids is 1. The molecule has 0 atom stereocenters. The first kappa shape index (κ1) is 10.8. The Morgan fingerprint density at radius 3 is 2.44 bits per heavy atom. The Morgan fingerprint density at radius 2 is 1.94 bits per heavy atom. The van der Waals surface area contributed by atoms with Gasteiger partial charge in [0.05, 0.1) is 7.11 Å². The molecule has 1 aromatic rings. The maximum atomic E-state index is 11.5. The predicted molar refractivity (Wildman–Crippen MR) is 55.9 cm³/mol. The first-order valence-corrected chi connectivity index (χ1v) is 4.93. The van der Waals surface area contributed by atoms with Crippen molar-refractivity contribution in [2.75, 3.05) is 14.2 Å². The van der Waals surface area contributed by atoms with Crippen molar-refractivity contribution in [1.82, 2.24) is 5.06 Å². The summed E-state index contributed by atoms with van der Waals surface area (Å²) in [5.41, 5.74) is 0. The molecule has 86 valence electrons. The largest absolute Gasteiger partial charge is 0.450 e. The number of hydroxylamine groups is 2. The molecule has 0 saturated heterocycles. The van der Waals surface area contributed by atoms with Gasteiger partial charge in [-0.15, -0.1) is 0 Å². The van der Waals surface area contributed by atoms with E-state index in [4.69, 9.17) is 14.3 Å². The third-order valence-electron chi connectivity index (χ3n) is 2.33. The molecule has 0 N–H and O–H groups in total. The number of para-hydroxylation sites is 2. The second kappa shape index (κ2) is 4.40. The summed E-state index contributed by atoms with van der Waals surface area (Å²) in [4.78, 5) is 16.3. The van der Waals surface area contributed by atoms with Crippen LogP contribution in [0.5, 0.6) is 11.5 Å². The van der Waals surface area contributed by atoms with Gasteiger partial charge in [0.25, 0.3) is 5.91 Å². The maximum absolute atomic E-state index is 11.5. The third kappa shape index (κ3) is 2.09. The van der Waals surface area contributed by atoms with Crippen LogP contribution in [0, 0.1) is 0 Å². The fraction of sp³-hybridized carbons (Fsp3) is 0.364. The predicted octanol–water partition coefficient (Wildman–Crippen LogP) is 1.19. The molecule has 16 heavy (non-hydrogen) atoms. The quantitative estimate of drug-likeness (QED) is 0.722. The minimum atomic E-state index is -0.567. The molecule has 0 spiro atoms. The molecule has 0 fully saturated rings. The van der Waals surface area contributed by atoms with Gasteiger partial charge >= 0.3 is 0 Å². The van der Waals surface area contributed by atoms with E-state index in [1.54, 1.807) is 19.2 Å². The summed E-state index contributed by atoms with van der Waals surface area (Å²) in [6.45, 7) is 0. The molecule has 2 rings (SSSR count). The number of amides is 1. The highest BCUT2D eigenvalue weighted by atomic mass is 16.7.